The lowest BCUT2D eigenvalue weighted by atomic mass is 9.73. The largest absolute Gasteiger partial charge is 0.493 e. The fourth-order valence-electron chi connectivity index (χ4n) is 4.04. The van der Waals surface area contributed by atoms with Crippen LogP contribution in [0.3, 0.4) is 0 Å². The van der Waals surface area contributed by atoms with Crippen molar-refractivity contribution in [2.45, 2.75) is 72.8 Å². The molecule has 3 nitrogen and oxygen atoms in total. The first-order valence-corrected chi connectivity index (χ1v) is 11.7. The highest BCUT2D eigenvalue weighted by atomic mass is 16.5. The number of hydrogen-bond donors (Lipinski definition) is 1. The van der Waals surface area contributed by atoms with E-state index in [0.717, 1.165) is 35.5 Å². The van der Waals surface area contributed by atoms with Crippen LogP contribution in [0.15, 0.2) is 53.8 Å². The van der Waals surface area contributed by atoms with E-state index in [4.69, 9.17) is 15.9 Å². The molecule has 0 bridgehead atoms. The molecular formula is C29H40O3. The normalized spacial score (nSPS) is 22.5. The summed E-state index contributed by atoms with van der Waals surface area (Å²) in [7, 11) is 0. The van der Waals surface area contributed by atoms with Gasteiger partial charge in [-0.05, 0) is 61.4 Å². The monoisotopic (exact) mass is 436 g/mol. The average molecular weight is 437 g/mol. The van der Waals surface area contributed by atoms with Crippen LogP contribution in [0.4, 0.5) is 0 Å². The summed E-state index contributed by atoms with van der Waals surface area (Å²) in [6, 6.07) is 6.32. The fourth-order valence-corrected chi connectivity index (χ4v) is 4.04. The molecule has 0 aromatic heterocycles. The average Bonchev–Trinajstić information content (AvgIpc) is 2.84. The smallest absolute Gasteiger partial charge is 0.122 e. The first-order valence-electron chi connectivity index (χ1n) is 11.7. The molecule has 0 aliphatic carbocycles. The lowest BCUT2D eigenvalue weighted by Gasteiger charge is -2.35. The van der Waals surface area contributed by atoms with Gasteiger partial charge in [0.05, 0.1) is 17.4 Å². The Labute approximate surface area is 195 Å². The number of benzene rings is 1. The highest BCUT2D eigenvalue weighted by Crippen LogP contribution is 2.42. The van der Waals surface area contributed by atoms with Crippen molar-refractivity contribution in [3.05, 3.63) is 65.0 Å². The second-order valence-corrected chi connectivity index (χ2v) is 9.81. The van der Waals surface area contributed by atoms with E-state index in [1.54, 1.807) is 0 Å². The van der Waals surface area contributed by atoms with Crippen LogP contribution in [0.2, 0.25) is 0 Å². The molecule has 32 heavy (non-hydrogen) atoms. The molecule has 2 unspecified atom stereocenters. The number of ether oxygens (including phenoxy) is 2. The van der Waals surface area contributed by atoms with E-state index in [-0.39, 0.29) is 23.4 Å². The van der Waals surface area contributed by atoms with Gasteiger partial charge < -0.3 is 14.6 Å². The molecule has 3 heteroatoms. The maximum absolute atomic E-state index is 10.3. The van der Waals surface area contributed by atoms with Crippen LogP contribution in [-0.2, 0) is 10.2 Å². The predicted octanol–water partition coefficient (Wildman–Crippen LogP) is 6.50. The Morgan fingerprint density at radius 2 is 1.88 bits per heavy atom. The van der Waals surface area contributed by atoms with E-state index in [2.05, 4.69) is 64.0 Å². The zero-order valence-corrected chi connectivity index (χ0v) is 20.9. The van der Waals surface area contributed by atoms with Crippen molar-refractivity contribution in [3.63, 3.8) is 0 Å². The highest BCUT2D eigenvalue weighted by Gasteiger charge is 2.35. The number of rotatable bonds is 7. The Balaban J connectivity index is 2.42. The molecule has 1 heterocycles. The quantitative estimate of drug-likeness (QED) is 0.496. The molecule has 1 aliphatic rings. The van der Waals surface area contributed by atoms with Crippen LogP contribution >= 0.6 is 0 Å². The Hall–Kier alpha value is -2.44. The van der Waals surface area contributed by atoms with E-state index >= 15 is 0 Å². The topological polar surface area (TPSA) is 38.7 Å². The molecular weight excluding hydrogens is 396 g/mol. The van der Waals surface area contributed by atoms with Crippen LogP contribution in [0.1, 0.15) is 65.5 Å². The van der Waals surface area contributed by atoms with Crippen molar-refractivity contribution >= 4 is 0 Å². The molecule has 0 amide bonds. The lowest BCUT2D eigenvalue weighted by molar-refractivity contribution is 0.0216. The summed E-state index contributed by atoms with van der Waals surface area (Å²) in [5.74, 6) is 4.49. The molecule has 174 valence electrons. The SMILES string of the molecule is C#CC1/C=C(C)\C=C/CO/C(C(CC)(CC)c2ccc(OCC(O)C(C)(C)C)c(C)c2)=C\1. The van der Waals surface area contributed by atoms with E-state index in [9.17, 15) is 5.11 Å². The van der Waals surface area contributed by atoms with Gasteiger partial charge in [-0.3, -0.25) is 0 Å². The van der Waals surface area contributed by atoms with Gasteiger partial charge in [0.15, 0.2) is 0 Å². The summed E-state index contributed by atoms with van der Waals surface area (Å²) in [6.45, 7) is 15.3. The third kappa shape index (κ3) is 6.08. The third-order valence-corrected chi connectivity index (χ3v) is 6.48. The zero-order valence-electron chi connectivity index (χ0n) is 20.9. The number of terminal acetylenes is 1. The summed E-state index contributed by atoms with van der Waals surface area (Å²) >= 11 is 0. The van der Waals surface area contributed by atoms with Crippen molar-refractivity contribution in [1.29, 1.82) is 0 Å². The molecule has 1 aromatic carbocycles. The number of aryl methyl sites for hydroxylation is 1. The maximum Gasteiger partial charge on any atom is 0.122 e. The molecule has 0 spiro atoms. The standard InChI is InChI=1S/C29H40O3/c1-9-23-17-21(4)13-12-16-31-27(19-23)29(10-2,11-3)24-14-15-25(22(5)18-24)32-20-26(30)28(6,7)8/h1,12-15,17-19,23,26,30H,10-11,16,20H2,2-8H3/b13-12-,21-17-,27-19-. The van der Waals surface area contributed by atoms with E-state index < -0.39 is 6.10 Å². The van der Waals surface area contributed by atoms with Gasteiger partial charge >= 0.3 is 0 Å². The van der Waals surface area contributed by atoms with Crippen molar-refractivity contribution in [3.8, 4) is 18.1 Å². The van der Waals surface area contributed by atoms with Gasteiger partial charge in [0.25, 0.3) is 0 Å². The minimum atomic E-state index is -0.533. The second-order valence-electron chi connectivity index (χ2n) is 9.81. The van der Waals surface area contributed by atoms with Gasteiger partial charge in [-0.15, -0.1) is 6.42 Å². The van der Waals surface area contributed by atoms with Crippen LogP contribution in [0, 0.1) is 30.6 Å². The van der Waals surface area contributed by atoms with Crippen molar-refractivity contribution < 1.29 is 14.6 Å². The fraction of sp³-hybridized carbons (Fsp3) is 0.517. The summed E-state index contributed by atoms with van der Waals surface area (Å²) in [5.41, 5.74) is 2.88. The van der Waals surface area contributed by atoms with Crippen molar-refractivity contribution in [1.82, 2.24) is 0 Å². The molecule has 0 radical (unpaired) electrons. The molecule has 2 atom stereocenters. The van der Waals surface area contributed by atoms with Gasteiger partial charge in [0.1, 0.15) is 24.7 Å². The van der Waals surface area contributed by atoms with Gasteiger partial charge in [0.2, 0.25) is 0 Å². The van der Waals surface area contributed by atoms with E-state index in [0.29, 0.717) is 6.61 Å². The number of hydrogen-bond acceptors (Lipinski definition) is 3. The van der Waals surface area contributed by atoms with Gasteiger partial charge in [-0.1, -0.05) is 70.4 Å². The molecule has 1 aliphatic heterocycles. The lowest BCUT2D eigenvalue weighted by Crippen LogP contribution is -2.32. The van der Waals surface area contributed by atoms with Crippen LogP contribution in [0.5, 0.6) is 5.75 Å². The number of allylic oxidation sites excluding steroid dienone is 5. The minimum Gasteiger partial charge on any atom is -0.493 e. The molecule has 2 rings (SSSR count). The van der Waals surface area contributed by atoms with Gasteiger partial charge in [-0.2, -0.15) is 0 Å². The van der Waals surface area contributed by atoms with Gasteiger partial charge in [0, 0.05) is 0 Å². The second kappa shape index (κ2) is 10.9. The highest BCUT2D eigenvalue weighted by molar-refractivity contribution is 5.43. The Morgan fingerprint density at radius 1 is 1.19 bits per heavy atom. The van der Waals surface area contributed by atoms with Crippen LogP contribution < -0.4 is 4.74 Å². The van der Waals surface area contributed by atoms with Crippen LogP contribution in [0.25, 0.3) is 0 Å². The summed E-state index contributed by atoms with van der Waals surface area (Å²) < 4.78 is 12.3. The zero-order chi connectivity index (χ0) is 23.9. The van der Waals surface area contributed by atoms with Crippen molar-refractivity contribution in [2.24, 2.45) is 11.3 Å². The van der Waals surface area contributed by atoms with E-state index in [1.807, 2.05) is 32.9 Å². The molecule has 1 N–H and O–H groups in total. The minimum absolute atomic E-state index is 0.118. The van der Waals surface area contributed by atoms with E-state index in [1.165, 1.54) is 5.56 Å². The maximum atomic E-state index is 10.3. The Morgan fingerprint density at radius 3 is 2.44 bits per heavy atom. The molecule has 0 saturated heterocycles. The molecule has 1 aromatic rings. The molecule has 0 fully saturated rings. The molecule has 0 saturated carbocycles. The summed E-state index contributed by atoms with van der Waals surface area (Å²) in [4.78, 5) is 0. The summed E-state index contributed by atoms with van der Waals surface area (Å²) in [5, 5.41) is 10.3. The summed E-state index contributed by atoms with van der Waals surface area (Å²) in [6.07, 6.45) is 15.4. The number of aliphatic hydroxyl groups is 1. The Bertz CT molecular complexity index is 901. The third-order valence-electron chi connectivity index (χ3n) is 6.48. The Kier molecular flexibility index (Phi) is 8.81. The first-order chi connectivity index (χ1) is 15.1. The predicted molar refractivity (Wildman–Crippen MR) is 134 cm³/mol. The first kappa shape index (κ1) is 25.8. The number of aliphatic hydroxyl groups excluding tert-OH is 1. The van der Waals surface area contributed by atoms with Crippen LogP contribution in [-0.4, -0.2) is 24.4 Å². The van der Waals surface area contributed by atoms with Gasteiger partial charge in [-0.25, -0.2) is 0 Å². The van der Waals surface area contributed by atoms with Crippen molar-refractivity contribution in [2.75, 3.05) is 13.2 Å².